The van der Waals surface area contributed by atoms with Gasteiger partial charge in [-0.05, 0) is 39.5 Å². The first-order chi connectivity index (χ1) is 8.33. The molecule has 0 unspecified atom stereocenters. The maximum absolute atomic E-state index is 4.54. The Morgan fingerprint density at radius 3 is 2.94 bits per heavy atom. The first-order valence-electron chi connectivity index (χ1n) is 5.12. The molecule has 0 fully saturated rings. The van der Waals surface area contributed by atoms with Gasteiger partial charge in [0.1, 0.15) is 0 Å². The summed E-state index contributed by atoms with van der Waals surface area (Å²) < 4.78 is 1.19. The van der Waals surface area contributed by atoms with E-state index in [4.69, 9.17) is 0 Å². The van der Waals surface area contributed by atoms with Gasteiger partial charge in [-0.25, -0.2) is 4.98 Å². The number of fused-ring (bicyclic) bond motifs is 1. The number of para-hydroxylation sites is 2. The lowest BCUT2D eigenvalue weighted by molar-refractivity contribution is 1.08. The fourth-order valence-electron chi connectivity index (χ4n) is 1.56. The molecule has 3 aromatic rings. The third-order valence-electron chi connectivity index (χ3n) is 2.40. The molecule has 0 atom stereocenters. The van der Waals surface area contributed by atoms with Crippen molar-refractivity contribution in [2.24, 2.45) is 0 Å². The molecule has 1 aromatic carbocycles. The molecular weight excluding hydrogens is 316 g/mol. The Kier molecular flexibility index (Phi) is 3.22. The number of rotatable bonds is 3. The Bertz CT molecular complexity index is 612. The van der Waals surface area contributed by atoms with Crippen LogP contribution in [0, 0.1) is 0 Å². The second-order valence-electron chi connectivity index (χ2n) is 3.54. The van der Waals surface area contributed by atoms with Crippen molar-refractivity contribution in [3.8, 4) is 0 Å². The highest BCUT2D eigenvalue weighted by molar-refractivity contribution is 9.10. The number of benzene rings is 1. The summed E-state index contributed by atoms with van der Waals surface area (Å²) in [5.74, 6) is 0.943. The normalized spacial score (nSPS) is 11.1. The van der Waals surface area contributed by atoms with Crippen LogP contribution in [0.5, 0.6) is 0 Å². The molecule has 1 N–H and O–H groups in total. The smallest absolute Gasteiger partial charge is 0.166 e. The van der Waals surface area contributed by atoms with Crippen LogP contribution in [0.25, 0.3) is 11.0 Å². The largest absolute Gasteiger partial charge is 0.333 e. The fourth-order valence-corrected chi connectivity index (χ4v) is 4.24. The van der Waals surface area contributed by atoms with Crippen LogP contribution in [0.2, 0.25) is 0 Å². The van der Waals surface area contributed by atoms with Gasteiger partial charge < -0.3 is 4.98 Å². The zero-order valence-corrected chi connectivity index (χ0v) is 12.0. The van der Waals surface area contributed by atoms with Crippen molar-refractivity contribution in [1.82, 2.24) is 9.97 Å². The van der Waals surface area contributed by atoms with Gasteiger partial charge >= 0.3 is 0 Å². The van der Waals surface area contributed by atoms with Crippen LogP contribution in [-0.4, -0.2) is 9.97 Å². The molecule has 0 saturated heterocycles. The van der Waals surface area contributed by atoms with Crippen molar-refractivity contribution >= 4 is 50.1 Å². The molecule has 0 aliphatic carbocycles. The van der Waals surface area contributed by atoms with Crippen molar-refractivity contribution in [2.45, 2.75) is 10.9 Å². The van der Waals surface area contributed by atoms with Crippen molar-refractivity contribution in [1.29, 1.82) is 0 Å². The van der Waals surface area contributed by atoms with E-state index in [9.17, 15) is 0 Å². The molecule has 2 heterocycles. The van der Waals surface area contributed by atoms with Crippen LogP contribution in [0.1, 0.15) is 4.88 Å². The minimum absolute atomic E-state index is 0.943. The average Bonchev–Trinajstić information content (AvgIpc) is 2.92. The third kappa shape index (κ3) is 2.41. The number of nitrogens with zero attached hydrogens (tertiary/aromatic N) is 1. The standard InChI is InChI=1S/C12H9BrN2S2/c13-8-5-6-16-11(8)7-17-12-14-9-3-1-2-4-10(9)15-12/h1-6H,7H2,(H,14,15). The van der Waals surface area contributed by atoms with Crippen molar-refractivity contribution < 1.29 is 0 Å². The molecule has 86 valence electrons. The number of imidazole rings is 1. The third-order valence-corrected chi connectivity index (χ3v) is 5.41. The van der Waals surface area contributed by atoms with Crippen LogP contribution in [0.4, 0.5) is 0 Å². The number of halogens is 1. The van der Waals surface area contributed by atoms with Gasteiger partial charge in [-0.3, -0.25) is 0 Å². The molecule has 0 bridgehead atoms. The van der Waals surface area contributed by atoms with E-state index in [1.54, 1.807) is 23.1 Å². The number of H-pyrrole nitrogens is 1. The summed E-state index contributed by atoms with van der Waals surface area (Å²) in [6.45, 7) is 0. The number of aromatic amines is 1. The second kappa shape index (κ2) is 4.84. The molecule has 0 amide bonds. The molecule has 0 aliphatic rings. The molecule has 2 aromatic heterocycles. The predicted molar refractivity (Wildman–Crippen MR) is 77.7 cm³/mol. The average molecular weight is 325 g/mol. The topological polar surface area (TPSA) is 28.7 Å². The Balaban J connectivity index is 1.79. The zero-order chi connectivity index (χ0) is 11.7. The lowest BCUT2D eigenvalue weighted by Gasteiger charge is -1.95. The maximum atomic E-state index is 4.54. The maximum Gasteiger partial charge on any atom is 0.166 e. The van der Waals surface area contributed by atoms with Gasteiger partial charge in [0, 0.05) is 15.1 Å². The number of hydrogen-bond donors (Lipinski definition) is 1. The van der Waals surface area contributed by atoms with Crippen LogP contribution >= 0.6 is 39.0 Å². The van der Waals surface area contributed by atoms with Gasteiger partial charge in [-0.2, -0.15) is 0 Å². The van der Waals surface area contributed by atoms with Crippen molar-refractivity contribution in [3.05, 3.63) is 45.1 Å². The van der Waals surface area contributed by atoms with E-state index in [0.29, 0.717) is 0 Å². The predicted octanol–water partition coefficient (Wildman–Crippen LogP) is 4.68. The van der Waals surface area contributed by atoms with E-state index in [-0.39, 0.29) is 0 Å². The Labute approximate surface area is 116 Å². The minimum Gasteiger partial charge on any atom is -0.333 e. The van der Waals surface area contributed by atoms with E-state index in [0.717, 1.165) is 21.9 Å². The van der Waals surface area contributed by atoms with E-state index < -0.39 is 0 Å². The summed E-state index contributed by atoms with van der Waals surface area (Å²) >= 11 is 7.04. The lowest BCUT2D eigenvalue weighted by Crippen LogP contribution is -1.77. The molecule has 5 heteroatoms. The monoisotopic (exact) mass is 324 g/mol. The summed E-state index contributed by atoms with van der Waals surface area (Å²) in [4.78, 5) is 9.20. The number of hydrogen-bond acceptors (Lipinski definition) is 3. The van der Waals surface area contributed by atoms with Gasteiger partial charge in [-0.1, -0.05) is 23.9 Å². The van der Waals surface area contributed by atoms with Crippen molar-refractivity contribution in [2.75, 3.05) is 0 Å². The van der Waals surface area contributed by atoms with Gasteiger partial charge in [0.2, 0.25) is 0 Å². The lowest BCUT2D eigenvalue weighted by atomic mass is 10.3. The van der Waals surface area contributed by atoms with Crippen LogP contribution in [0.15, 0.2) is 45.3 Å². The molecule has 0 saturated carbocycles. The summed E-state index contributed by atoms with van der Waals surface area (Å²) in [6, 6.07) is 10.2. The van der Waals surface area contributed by atoms with Crippen LogP contribution < -0.4 is 0 Å². The molecule has 3 rings (SSSR count). The molecule has 0 aliphatic heterocycles. The molecule has 2 nitrogen and oxygen atoms in total. The number of thioether (sulfide) groups is 1. The Morgan fingerprint density at radius 2 is 2.18 bits per heavy atom. The molecule has 0 spiro atoms. The summed E-state index contributed by atoms with van der Waals surface area (Å²) in [6.07, 6.45) is 0. The van der Waals surface area contributed by atoms with Gasteiger partial charge in [0.05, 0.1) is 11.0 Å². The Hall–Kier alpha value is -0.780. The van der Waals surface area contributed by atoms with Crippen LogP contribution in [-0.2, 0) is 5.75 Å². The Morgan fingerprint density at radius 1 is 1.29 bits per heavy atom. The van der Waals surface area contributed by atoms with E-state index in [2.05, 4.69) is 37.3 Å². The first kappa shape index (κ1) is 11.3. The van der Waals surface area contributed by atoms with E-state index >= 15 is 0 Å². The quantitative estimate of drug-likeness (QED) is 0.708. The highest BCUT2D eigenvalue weighted by Crippen LogP contribution is 2.30. The molecule has 0 radical (unpaired) electrons. The SMILES string of the molecule is Brc1ccsc1CSc1nc2ccccc2[nH]1. The van der Waals surface area contributed by atoms with Crippen LogP contribution in [0.3, 0.4) is 0 Å². The van der Waals surface area contributed by atoms with Crippen molar-refractivity contribution in [3.63, 3.8) is 0 Å². The van der Waals surface area contributed by atoms with Gasteiger partial charge in [0.15, 0.2) is 5.16 Å². The summed E-state index contributed by atoms with van der Waals surface area (Å²) in [5, 5.41) is 3.07. The summed E-state index contributed by atoms with van der Waals surface area (Å²) in [5.41, 5.74) is 2.13. The fraction of sp³-hybridized carbons (Fsp3) is 0.0833. The number of thiophene rings is 1. The minimum atomic E-state index is 0.943. The first-order valence-corrected chi connectivity index (χ1v) is 7.78. The molecule has 17 heavy (non-hydrogen) atoms. The van der Waals surface area contributed by atoms with Gasteiger partial charge in [0.25, 0.3) is 0 Å². The number of nitrogens with one attached hydrogen (secondary N) is 1. The zero-order valence-electron chi connectivity index (χ0n) is 8.81. The highest BCUT2D eigenvalue weighted by Gasteiger charge is 2.05. The van der Waals surface area contributed by atoms with E-state index in [1.807, 2.05) is 24.3 Å². The highest BCUT2D eigenvalue weighted by atomic mass is 79.9. The van der Waals surface area contributed by atoms with E-state index in [1.165, 1.54) is 9.35 Å². The number of aromatic nitrogens is 2. The second-order valence-corrected chi connectivity index (χ2v) is 6.36. The van der Waals surface area contributed by atoms with Gasteiger partial charge in [-0.15, -0.1) is 11.3 Å². The molecular formula is C12H9BrN2S2. The summed E-state index contributed by atoms with van der Waals surface area (Å²) in [7, 11) is 0.